The Kier molecular flexibility index (Phi) is 5.10. The summed E-state index contributed by atoms with van der Waals surface area (Å²) in [6, 6.07) is 22.3. The largest absolute Gasteiger partial charge is 0.342 e. The molecule has 0 spiro atoms. The second kappa shape index (κ2) is 8.02. The highest BCUT2D eigenvalue weighted by molar-refractivity contribution is 5.98. The summed E-state index contributed by atoms with van der Waals surface area (Å²) in [5.41, 5.74) is 3.67. The smallest absolute Gasteiger partial charge is 0.269 e. The average molecular weight is 397 g/mol. The zero-order valence-electron chi connectivity index (χ0n) is 15.8. The van der Waals surface area contributed by atoms with Crippen LogP contribution in [-0.2, 0) is 6.54 Å². The summed E-state index contributed by atoms with van der Waals surface area (Å²) in [4.78, 5) is 10.4. The first-order chi connectivity index (χ1) is 14.5. The van der Waals surface area contributed by atoms with Crippen LogP contribution in [0.4, 0.5) is 10.1 Å². The minimum Gasteiger partial charge on any atom is -0.342 e. The van der Waals surface area contributed by atoms with Crippen molar-refractivity contribution in [2.24, 2.45) is 0 Å². The topological polar surface area (TPSA) is 71.9 Å². The zero-order chi connectivity index (χ0) is 21.1. The zero-order valence-corrected chi connectivity index (χ0v) is 15.8. The molecule has 0 aliphatic carbocycles. The summed E-state index contributed by atoms with van der Waals surface area (Å²) < 4.78 is 15.6. The van der Waals surface area contributed by atoms with Gasteiger partial charge in [0, 0.05) is 41.3 Å². The number of halogens is 1. The summed E-state index contributed by atoms with van der Waals surface area (Å²) in [6.45, 7) is 0.522. The van der Waals surface area contributed by atoms with Gasteiger partial charge in [0.1, 0.15) is 5.82 Å². The van der Waals surface area contributed by atoms with E-state index < -0.39 is 10.7 Å². The number of benzene rings is 3. The molecule has 0 aliphatic heterocycles. The maximum absolute atomic E-state index is 13.6. The molecule has 0 aliphatic rings. The molecule has 0 radical (unpaired) electrons. The molecule has 5 nitrogen and oxygen atoms in total. The van der Waals surface area contributed by atoms with E-state index in [0.717, 1.165) is 22.0 Å². The van der Waals surface area contributed by atoms with Crippen LogP contribution in [0.25, 0.3) is 22.6 Å². The van der Waals surface area contributed by atoms with Crippen LogP contribution in [0.15, 0.2) is 79.0 Å². The van der Waals surface area contributed by atoms with Gasteiger partial charge in [-0.3, -0.25) is 10.1 Å². The quantitative estimate of drug-likeness (QED) is 0.243. The van der Waals surface area contributed by atoms with Crippen molar-refractivity contribution in [3.05, 3.63) is 112 Å². The number of hydrogen-bond donors (Lipinski definition) is 0. The number of nitrogens with zero attached hydrogens (tertiary/aromatic N) is 3. The van der Waals surface area contributed by atoms with Crippen molar-refractivity contribution in [1.29, 1.82) is 5.26 Å². The Morgan fingerprint density at radius 3 is 2.57 bits per heavy atom. The molecule has 6 heteroatoms. The molecule has 4 rings (SSSR count). The van der Waals surface area contributed by atoms with E-state index in [4.69, 9.17) is 0 Å². The first-order valence-corrected chi connectivity index (χ1v) is 9.24. The molecule has 3 aromatic carbocycles. The summed E-state index contributed by atoms with van der Waals surface area (Å²) in [5, 5.41) is 21.4. The average Bonchev–Trinajstić information content (AvgIpc) is 3.09. The van der Waals surface area contributed by atoms with Crippen LogP contribution in [0.1, 0.15) is 16.7 Å². The maximum Gasteiger partial charge on any atom is 0.269 e. The maximum atomic E-state index is 13.6. The van der Waals surface area contributed by atoms with Crippen LogP contribution in [-0.4, -0.2) is 9.49 Å². The fourth-order valence-corrected chi connectivity index (χ4v) is 3.43. The predicted octanol–water partition coefficient (Wildman–Crippen LogP) is 5.80. The number of nitro groups is 1. The van der Waals surface area contributed by atoms with E-state index in [0.29, 0.717) is 17.7 Å². The van der Waals surface area contributed by atoms with Gasteiger partial charge < -0.3 is 4.57 Å². The number of nitro benzene ring substituents is 1. The van der Waals surface area contributed by atoms with Crippen molar-refractivity contribution in [1.82, 2.24) is 4.57 Å². The molecular formula is C24H16FN3O2. The number of aromatic nitrogens is 1. The van der Waals surface area contributed by atoms with Crippen LogP contribution in [0.3, 0.4) is 0 Å². The highest BCUT2D eigenvalue weighted by Crippen LogP contribution is 2.27. The van der Waals surface area contributed by atoms with Gasteiger partial charge in [-0.1, -0.05) is 42.5 Å². The predicted molar refractivity (Wildman–Crippen MR) is 114 cm³/mol. The van der Waals surface area contributed by atoms with Crippen molar-refractivity contribution in [3.63, 3.8) is 0 Å². The highest BCUT2D eigenvalue weighted by atomic mass is 19.1. The SMILES string of the molecule is N#C/C(=C\c1cn(Cc2ccc([N+](=O)[O-])cc2)c2ccccc12)c1cccc(F)c1. The molecule has 0 saturated carbocycles. The van der Waals surface area contributed by atoms with Gasteiger partial charge in [-0.15, -0.1) is 0 Å². The second-order valence-electron chi connectivity index (χ2n) is 6.83. The molecule has 1 heterocycles. The molecule has 0 bridgehead atoms. The normalized spacial score (nSPS) is 11.4. The third-order valence-electron chi connectivity index (χ3n) is 4.88. The number of para-hydroxylation sites is 1. The van der Waals surface area contributed by atoms with Crippen LogP contribution in [0.2, 0.25) is 0 Å². The number of hydrogen-bond acceptors (Lipinski definition) is 3. The fraction of sp³-hybridized carbons (Fsp3) is 0.0417. The van der Waals surface area contributed by atoms with Crippen LogP contribution in [0, 0.1) is 27.3 Å². The van der Waals surface area contributed by atoms with Gasteiger partial charge in [-0.2, -0.15) is 5.26 Å². The van der Waals surface area contributed by atoms with Crippen LogP contribution < -0.4 is 0 Å². The number of allylic oxidation sites excluding steroid dienone is 1. The van der Waals surface area contributed by atoms with Gasteiger partial charge in [-0.05, 0) is 35.4 Å². The van der Waals surface area contributed by atoms with E-state index >= 15 is 0 Å². The van der Waals surface area contributed by atoms with Gasteiger partial charge >= 0.3 is 0 Å². The lowest BCUT2D eigenvalue weighted by molar-refractivity contribution is -0.384. The first-order valence-electron chi connectivity index (χ1n) is 9.24. The summed E-state index contributed by atoms with van der Waals surface area (Å²) >= 11 is 0. The van der Waals surface area contributed by atoms with Crippen LogP contribution in [0.5, 0.6) is 0 Å². The Bertz CT molecular complexity index is 1310. The molecule has 0 saturated heterocycles. The standard InChI is InChI=1S/C24H16FN3O2/c25-21-5-3-4-18(13-21)19(14-26)12-20-16-27(24-7-2-1-6-23(20)24)15-17-8-10-22(11-9-17)28(29)30/h1-13,16H,15H2/b19-12+. The number of nitriles is 1. The number of non-ortho nitro benzene ring substituents is 1. The lowest BCUT2D eigenvalue weighted by atomic mass is 10.0. The van der Waals surface area contributed by atoms with Gasteiger partial charge in [0.15, 0.2) is 0 Å². The van der Waals surface area contributed by atoms with E-state index in [1.165, 1.54) is 24.3 Å². The van der Waals surface area contributed by atoms with Gasteiger partial charge in [-0.25, -0.2) is 4.39 Å². The molecule has 0 amide bonds. The van der Waals surface area contributed by atoms with Gasteiger partial charge in [0.2, 0.25) is 0 Å². The van der Waals surface area contributed by atoms with E-state index in [1.807, 2.05) is 35.0 Å². The van der Waals surface area contributed by atoms with E-state index in [-0.39, 0.29) is 5.69 Å². The third-order valence-corrected chi connectivity index (χ3v) is 4.88. The molecule has 0 unspecified atom stereocenters. The molecule has 0 atom stereocenters. The Labute approximate surface area is 172 Å². The fourth-order valence-electron chi connectivity index (χ4n) is 3.43. The minimum absolute atomic E-state index is 0.0495. The van der Waals surface area contributed by atoms with Crippen molar-refractivity contribution < 1.29 is 9.31 Å². The van der Waals surface area contributed by atoms with Crippen molar-refractivity contribution >= 4 is 28.2 Å². The molecule has 0 N–H and O–H groups in total. The van der Waals surface area contributed by atoms with Crippen molar-refractivity contribution in [2.75, 3.05) is 0 Å². The first kappa shape index (κ1) is 19.1. The number of fused-ring (bicyclic) bond motifs is 1. The van der Waals surface area contributed by atoms with Gasteiger partial charge in [0.25, 0.3) is 5.69 Å². The molecular weight excluding hydrogens is 381 g/mol. The Hall–Kier alpha value is -4.24. The number of rotatable bonds is 5. The van der Waals surface area contributed by atoms with E-state index in [9.17, 15) is 19.8 Å². The Morgan fingerprint density at radius 2 is 1.87 bits per heavy atom. The molecule has 146 valence electrons. The van der Waals surface area contributed by atoms with E-state index in [2.05, 4.69) is 6.07 Å². The van der Waals surface area contributed by atoms with Crippen molar-refractivity contribution in [3.8, 4) is 6.07 Å². The Morgan fingerprint density at radius 1 is 1.10 bits per heavy atom. The Balaban J connectivity index is 1.75. The molecule has 1 aromatic heterocycles. The molecule has 0 fully saturated rings. The lowest BCUT2D eigenvalue weighted by Crippen LogP contribution is -1.98. The summed E-state index contributed by atoms with van der Waals surface area (Å²) in [5.74, 6) is -0.394. The second-order valence-corrected chi connectivity index (χ2v) is 6.83. The third kappa shape index (κ3) is 3.82. The van der Waals surface area contributed by atoms with Crippen LogP contribution >= 0.6 is 0 Å². The minimum atomic E-state index is -0.423. The highest BCUT2D eigenvalue weighted by Gasteiger charge is 2.11. The van der Waals surface area contributed by atoms with Gasteiger partial charge in [0.05, 0.1) is 16.6 Å². The monoisotopic (exact) mass is 397 g/mol. The lowest BCUT2D eigenvalue weighted by Gasteiger charge is -2.05. The van der Waals surface area contributed by atoms with E-state index in [1.54, 1.807) is 30.3 Å². The summed E-state index contributed by atoms with van der Waals surface area (Å²) in [7, 11) is 0. The molecule has 30 heavy (non-hydrogen) atoms. The summed E-state index contributed by atoms with van der Waals surface area (Å²) in [6.07, 6.45) is 3.69. The van der Waals surface area contributed by atoms with Crippen molar-refractivity contribution in [2.45, 2.75) is 6.54 Å². The molecule has 4 aromatic rings.